The fourth-order valence-corrected chi connectivity index (χ4v) is 6.65. The number of nitrogens with one attached hydrogen (secondary N) is 1. The summed E-state index contributed by atoms with van der Waals surface area (Å²) < 4.78 is 50.3. The lowest BCUT2D eigenvalue weighted by Gasteiger charge is -2.33. The first-order chi connectivity index (χ1) is 23.0. The zero-order valence-corrected chi connectivity index (χ0v) is 28.1. The number of halogens is 2. The van der Waals surface area contributed by atoms with Crippen LogP contribution in [0.2, 0.25) is 0 Å². The summed E-state index contributed by atoms with van der Waals surface area (Å²) in [6.07, 6.45) is 2.18. The van der Waals surface area contributed by atoms with Gasteiger partial charge in [-0.05, 0) is 74.2 Å². The standard InChI is InChI=1S/C36H43F2N5O5/c1-6-24-27(37)9-8-21-14-23(44)15-26(28(21)24)29-31(38)33-30(25(7-2)32(29)40-20(3)4)34(43-11-13-47-19-36(5,45)18-43)42-35(41-33)48-17-22-16-46-12-10-39-22/h7-9,14-15,20,22,39,44-45H,6,10-13,16-19H2,1-5H3/b25-7-,40-32?. The largest absolute Gasteiger partial charge is 0.508 e. The van der Waals surface area contributed by atoms with Crippen LogP contribution in [0.5, 0.6) is 11.8 Å². The lowest BCUT2D eigenvalue weighted by molar-refractivity contribution is -0.0123. The number of aromatic hydroxyl groups is 1. The van der Waals surface area contributed by atoms with E-state index >= 15 is 8.78 Å². The van der Waals surface area contributed by atoms with Crippen molar-refractivity contribution in [2.45, 2.75) is 58.7 Å². The zero-order chi connectivity index (χ0) is 34.2. The van der Waals surface area contributed by atoms with Crippen LogP contribution in [0.4, 0.5) is 14.6 Å². The molecular weight excluding hydrogens is 620 g/mol. The molecule has 3 N–H and O–H groups in total. The van der Waals surface area contributed by atoms with E-state index in [0.717, 1.165) is 0 Å². The minimum absolute atomic E-state index is 0.0237. The molecule has 256 valence electrons. The number of ether oxygens (including phenoxy) is 3. The molecule has 0 bridgehead atoms. The second-order valence-electron chi connectivity index (χ2n) is 13.0. The maximum Gasteiger partial charge on any atom is 0.319 e. The van der Waals surface area contributed by atoms with Gasteiger partial charge in [0.2, 0.25) is 0 Å². The van der Waals surface area contributed by atoms with Crippen LogP contribution in [0.25, 0.3) is 27.7 Å². The fourth-order valence-electron chi connectivity index (χ4n) is 6.65. The molecule has 1 aliphatic carbocycles. The molecule has 3 aliphatic rings. The molecule has 2 atom stereocenters. The topological polar surface area (TPSA) is 122 Å². The van der Waals surface area contributed by atoms with E-state index in [-0.39, 0.29) is 54.9 Å². The van der Waals surface area contributed by atoms with Gasteiger partial charge >= 0.3 is 6.01 Å². The maximum atomic E-state index is 17.6. The molecular formula is C36H43F2N5O5. The van der Waals surface area contributed by atoms with Gasteiger partial charge in [-0.15, -0.1) is 0 Å². The van der Waals surface area contributed by atoms with Crippen LogP contribution in [0, 0.1) is 5.82 Å². The van der Waals surface area contributed by atoms with E-state index in [4.69, 9.17) is 24.2 Å². The molecule has 12 heteroatoms. The first kappa shape index (κ1) is 33.9. The monoisotopic (exact) mass is 663 g/mol. The number of morpholine rings is 1. The molecule has 0 amide bonds. The zero-order valence-electron chi connectivity index (χ0n) is 28.1. The molecule has 3 aromatic rings. The normalized spacial score (nSPS) is 23.7. The van der Waals surface area contributed by atoms with E-state index < -0.39 is 17.2 Å². The van der Waals surface area contributed by atoms with Gasteiger partial charge in [0.1, 0.15) is 35.3 Å². The van der Waals surface area contributed by atoms with E-state index in [2.05, 4.69) is 10.3 Å². The van der Waals surface area contributed by atoms with Gasteiger partial charge in [-0.2, -0.15) is 9.97 Å². The minimum atomic E-state index is -1.21. The van der Waals surface area contributed by atoms with Crippen LogP contribution in [0.3, 0.4) is 0 Å². The van der Waals surface area contributed by atoms with Gasteiger partial charge in [0.15, 0.2) is 5.83 Å². The lowest BCUT2D eigenvalue weighted by Crippen LogP contribution is -2.45. The summed E-state index contributed by atoms with van der Waals surface area (Å²) in [5.74, 6) is -0.851. The number of phenols is 1. The van der Waals surface area contributed by atoms with Crippen molar-refractivity contribution in [3.63, 3.8) is 0 Å². The lowest BCUT2D eigenvalue weighted by atomic mass is 9.81. The number of hydrogen-bond donors (Lipinski definition) is 3. The van der Waals surface area contributed by atoms with Gasteiger partial charge in [0.25, 0.3) is 0 Å². The third kappa shape index (κ3) is 6.67. The Morgan fingerprint density at radius 2 is 2.02 bits per heavy atom. The molecule has 0 radical (unpaired) electrons. The number of β-amino-alcohol motifs (C(OH)–C–C–N with tert-alkyl or cyclic N) is 1. The Balaban J connectivity index is 1.65. The summed E-state index contributed by atoms with van der Waals surface area (Å²) in [5.41, 5.74) is 0.860. The van der Waals surface area contributed by atoms with Crippen LogP contribution >= 0.6 is 0 Å². The second-order valence-corrected chi connectivity index (χ2v) is 13.0. The van der Waals surface area contributed by atoms with Crippen LogP contribution in [-0.2, 0) is 15.9 Å². The maximum absolute atomic E-state index is 17.6. The minimum Gasteiger partial charge on any atom is -0.508 e. The first-order valence-electron chi connectivity index (χ1n) is 16.5. The quantitative estimate of drug-likeness (QED) is 0.317. The number of phenolic OH excluding ortho intramolecular Hbond substituents is 1. The number of hydrogen-bond acceptors (Lipinski definition) is 10. The summed E-state index contributed by atoms with van der Waals surface area (Å²) in [6.45, 7) is 12.0. The highest BCUT2D eigenvalue weighted by Gasteiger charge is 2.38. The third-order valence-corrected chi connectivity index (χ3v) is 8.67. The molecule has 2 fully saturated rings. The Hall–Kier alpha value is -3.97. The van der Waals surface area contributed by atoms with Crippen LogP contribution in [0.15, 0.2) is 35.3 Å². The predicted octanol–water partition coefficient (Wildman–Crippen LogP) is 5.10. The number of anilines is 1. The summed E-state index contributed by atoms with van der Waals surface area (Å²) in [7, 11) is 0. The molecule has 0 saturated carbocycles. The van der Waals surface area contributed by atoms with Crippen molar-refractivity contribution in [1.82, 2.24) is 15.3 Å². The number of aliphatic hydroxyl groups is 1. The van der Waals surface area contributed by atoms with Crippen molar-refractivity contribution in [3.05, 3.63) is 58.5 Å². The molecule has 6 rings (SSSR count). The summed E-state index contributed by atoms with van der Waals surface area (Å²) >= 11 is 0. The SMILES string of the molecule is C/C=C1\C(=NC(C)C)C(c2cc(O)cc3ccc(F)c(CC)c23)=C(F)c2nc(OCC3COCCN3)nc(N3CCOCC(C)(O)C3)c21. The highest BCUT2D eigenvalue weighted by molar-refractivity contribution is 6.51. The van der Waals surface area contributed by atoms with E-state index in [1.807, 2.05) is 38.7 Å². The van der Waals surface area contributed by atoms with E-state index in [1.54, 1.807) is 19.1 Å². The molecule has 10 nitrogen and oxygen atoms in total. The average molecular weight is 664 g/mol. The first-order valence-corrected chi connectivity index (χ1v) is 16.5. The number of nitrogens with zero attached hydrogens (tertiary/aromatic N) is 4. The summed E-state index contributed by atoms with van der Waals surface area (Å²) in [6, 6.07) is 5.54. The summed E-state index contributed by atoms with van der Waals surface area (Å²) in [5, 5.41) is 26.4. The fraction of sp³-hybridized carbons (Fsp3) is 0.472. The van der Waals surface area contributed by atoms with Crippen LogP contribution in [-0.4, -0.2) is 96.2 Å². The van der Waals surface area contributed by atoms with Crippen molar-refractivity contribution in [3.8, 4) is 11.8 Å². The Kier molecular flexibility index (Phi) is 9.80. The van der Waals surface area contributed by atoms with Crippen molar-refractivity contribution >= 4 is 39.3 Å². The predicted molar refractivity (Wildman–Crippen MR) is 183 cm³/mol. The Bertz CT molecular complexity index is 1800. The van der Waals surface area contributed by atoms with E-state index in [1.165, 1.54) is 12.1 Å². The summed E-state index contributed by atoms with van der Waals surface area (Å²) in [4.78, 5) is 16.3. The molecule has 2 unspecified atom stereocenters. The third-order valence-electron chi connectivity index (χ3n) is 8.67. The number of allylic oxidation sites excluding steroid dienone is 3. The Morgan fingerprint density at radius 1 is 1.21 bits per heavy atom. The second kappa shape index (κ2) is 13.9. The Morgan fingerprint density at radius 3 is 2.73 bits per heavy atom. The smallest absolute Gasteiger partial charge is 0.319 e. The number of benzene rings is 2. The van der Waals surface area contributed by atoms with Crippen molar-refractivity contribution in [1.29, 1.82) is 0 Å². The molecule has 2 aliphatic heterocycles. The number of aromatic nitrogens is 2. The van der Waals surface area contributed by atoms with Gasteiger partial charge in [-0.3, -0.25) is 4.99 Å². The molecule has 3 heterocycles. The molecule has 2 aromatic carbocycles. The van der Waals surface area contributed by atoms with Crippen molar-refractivity contribution < 1.29 is 33.2 Å². The number of aliphatic imine (C=N–C) groups is 1. The number of fused-ring (bicyclic) bond motifs is 2. The van der Waals surface area contributed by atoms with Gasteiger partial charge in [-0.25, -0.2) is 8.78 Å². The number of aryl methyl sites for hydroxylation is 1. The van der Waals surface area contributed by atoms with Gasteiger partial charge in [0.05, 0.1) is 50.3 Å². The van der Waals surface area contributed by atoms with E-state index in [9.17, 15) is 10.2 Å². The van der Waals surface area contributed by atoms with Crippen LogP contribution < -0.4 is 15.0 Å². The van der Waals surface area contributed by atoms with Gasteiger partial charge < -0.3 is 34.6 Å². The van der Waals surface area contributed by atoms with Gasteiger partial charge in [-0.1, -0.05) is 19.1 Å². The highest BCUT2D eigenvalue weighted by atomic mass is 19.1. The number of rotatable bonds is 7. The Labute approximate surface area is 279 Å². The molecule has 48 heavy (non-hydrogen) atoms. The van der Waals surface area contributed by atoms with Crippen LogP contribution in [0.1, 0.15) is 57.0 Å². The van der Waals surface area contributed by atoms with Gasteiger partial charge in [0, 0.05) is 30.3 Å². The van der Waals surface area contributed by atoms with Crippen molar-refractivity contribution in [2.75, 3.05) is 57.6 Å². The molecule has 1 aromatic heterocycles. The molecule has 2 saturated heterocycles. The average Bonchev–Trinajstić information content (AvgIpc) is 3.24. The van der Waals surface area contributed by atoms with E-state index in [0.29, 0.717) is 83.9 Å². The molecule has 0 spiro atoms. The highest BCUT2D eigenvalue weighted by Crippen LogP contribution is 2.48. The van der Waals surface area contributed by atoms with Crippen molar-refractivity contribution in [2.24, 2.45) is 4.99 Å².